The predicted octanol–water partition coefficient (Wildman–Crippen LogP) is 3.26. The van der Waals surface area contributed by atoms with Gasteiger partial charge >= 0.3 is 0 Å². The first kappa shape index (κ1) is 10.4. The Labute approximate surface area is 101 Å². The van der Waals surface area contributed by atoms with Crippen LogP contribution in [0.3, 0.4) is 0 Å². The molecule has 0 N–H and O–H groups in total. The molecule has 3 aromatic rings. The van der Waals surface area contributed by atoms with E-state index in [2.05, 4.69) is 55.0 Å². The largest absolute Gasteiger partial charge is 0.317 e. The molecule has 2 aromatic heterocycles. The molecule has 0 atom stereocenters. The molecular formula is C14H17N3. The van der Waals surface area contributed by atoms with E-state index in [4.69, 9.17) is 4.98 Å². The molecule has 88 valence electrons. The van der Waals surface area contributed by atoms with Crippen LogP contribution in [0.15, 0.2) is 24.3 Å². The van der Waals surface area contributed by atoms with E-state index < -0.39 is 0 Å². The molecule has 17 heavy (non-hydrogen) atoms. The van der Waals surface area contributed by atoms with Crippen LogP contribution in [-0.2, 0) is 7.05 Å². The van der Waals surface area contributed by atoms with Gasteiger partial charge in [-0.25, -0.2) is 4.98 Å². The molecule has 0 radical (unpaired) electrons. The Kier molecular flexibility index (Phi) is 2.05. The Morgan fingerprint density at radius 3 is 2.59 bits per heavy atom. The maximum Gasteiger partial charge on any atom is 0.215 e. The fraction of sp³-hybridized carbons (Fsp3) is 0.357. The Morgan fingerprint density at radius 2 is 1.88 bits per heavy atom. The molecule has 0 fully saturated rings. The Morgan fingerprint density at radius 1 is 1.18 bits per heavy atom. The second-order valence-electron chi connectivity index (χ2n) is 4.92. The molecule has 0 spiro atoms. The van der Waals surface area contributed by atoms with Crippen molar-refractivity contribution in [1.82, 2.24) is 14.0 Å². The van der Waals surface area contributed by atoms with E-state index in [0.717, 1.165) is 11.3 Å². The maximum atomic E-state index is 4.70. The van der Waals surface area contributed by atoms with Crippen LogP contribution in [0, 0.1) is 6.92 Å². The molecule has 0 bridgehead atoms. The maximum absolute atomic E-state index is 4.70. The van der Waals surface area contributed by atoms with Gasteiger partial charge in [-0.2, -0.15) is 0 Å². The van der Waals surface area contributed by atoms with Crippen molar-refractivity contribution in [2.75, 3.05) is 0 Å². The lowest BCUT2D eigenvalue weighted by molar-refractivity contribution is 0.797. The smallest absolute Gasteiger partial charge is 0.215 e. The SMILES string of the molecule is Cc1c(C(C)C)n2c3ccccc3nc2n1C. The van der Waals surface area contributed by atoms with Gasteiger partial charge in [0.2, 0.25) is 5.78 Å². The summed E-state index contributed by atoms with van der Waals surface area (Å²) in [4.78, 5) is 4.70. The molecule has 0 amide bonds. The average molecular weight is 227 g/mol. The van der Waals surface area contributed by atoms with Crippen molar-refractivity contribution in [3.8, 4) is 0 Å². The second kappa shape index (κ2) is 3.36. The predicted molar refractivity (Wildman–Crippen MR) is 70.5 cm³/mol. The van der Waals surface area contributed by atoms with Gasteiger partial charge in [-0.3, -0.25) is 4.40 Å². The molecule has 3 rings (SSSR count). The number of aromatic nitrogens is 3. The van der Waals surface area contributed by atoms with Crippen molar-refractivity contribution < 1.29 is 0 Å². The highest BCUT2D eigenvalue weighted by Crippen LogP contribution is 2.27. The van der Waals surface area contributed by atoms with E-state index in [1.54, 1.807) is 0 Å². The van der Waals surface area contributed by atoms with Crippen molar-refractivity contribution in [2.45, 2.75) is 26.7 Å². The minimum atomic E-state index is 0.497. The lowest BCUT2D eigenvalue weighted by Crippen LogP contribution is -1.97. The fourth-order valence-electron chi connectivity index (χ4n) is 2.64. The number of aryl methyl sites for hydroxylation is 1. The molecule has 2 heterocycles. The highest BCUT2D eigenvalue weighted by molar-refractivity contribution is 5.80. The van der Waals surface area contributed by atoms with Gasteiger partial charge in [-0.05, 0) is 25.0 Å². The summed E-state index contributed by atoms with van der Waals surface area (Å²) in [6.07, 6.45) is 0. The molecule has 0 aliphatic rings. The Balaban J connectivity index is 2.57. The van der Waals surface area contributed by atoms with Crippen LogP contribution in [0.2, 0.25) is 0 Å². The van der Waals surface area contributed by atoms with Gasteiger partial charge < -0.3 is 4.57 Å². The molecule has 0 unspecified atom stereocenters. The van der Waals surface area contributed by atoms with Gasteiger partial charge in [-0.15, -0.1) is 0 Å². The molecule has 3 nitrogen and oxygen atoms in total. The summed E-state index contributed by atoms with van der Waals surface area (Å²) in [5.41, 5.74) is 4.93. The van der Waals surface area contributed by atoms with E-state index >= 15 is 0 Å². The average Bonchev–Trinajstić information content (AvgIpc) is 2.77. The summed E-state index contributed by atoms with van der Waals surface area (Å²) < 4.78 is 4.46. The zero-order chi connectivity index (χ0) is 12.2. The highest BCUT2D eigenvalue weighted by Gasteiger charge is 2.18. The van der Waals surface area contributed by atoms with Gasteiger partial charge in [0.1, 0.15) is 0 Å². The molecule has 1 aromatic carbocycles. The number of hydrogen-bond acceptors (Lipinski definition) is 1. The van der Waals surface area contributed by atoms with E-state index in [0.29, 0.717) is 5.92 Å². The quantitative estimate of drug-likeness (QED) is 0.625. The van der Waals surface area contributed by atoms with E-state index in [1.165, 1.54) is 16.9 Å². The normalized spacial score (nSPS) is 12.1. The lowest BCUT2D eigenvalue weighted by atomic mass is 10.1. The number of nitrogens with zero attached hydrogens (tertiary/aromatic N) is 3. The zero-order valence-corrected chi connectivity index (χ0v) is 10.7. The fourth-order valence-corrected chi connectivity index (χ4v) is 2.64. The third-order valence-corrected chi connectivity index (χ3v) is 3.50. The Hall–Kier alpha value is -1.77. The van der Waals surface area contributed by atoms with Gasteiger partial charge in [-0.1, -0.05) is 26.0 Å². The van der Waals surface area contributed by atoms with Crippen molar-refractivity contribution in [1.29, 1.82) is 0 Å². The third-order valence-electron chi connectivity index (χ3n) is 3.50. The number of hydrogen-bond donors (Lipinski definition) is 0. The van der Waals surface area contributed by atoms with Gasteiger partial charge in [0.15, 0.2) is 0 Å². The van der Waals surface area contributed by atoms with E-state index in [9.17, 15) is 0 Å². The highest BCUT2D eigenvalue weighted by atomic mass is 15.2. The van der Waals surface area contributed by atoms with Crippen molar-refractivity contribution >= 4 is 16.8 Å². The number of fused-ring (bicyclic) bond motifs is 3. The molecule has 0 saturated carbocycles. The van der Waals surface area contributed by atoms with Crippen LogP contribution >= 0.6 is 0 Å². The van der Waals surface area contributed by atoms with Crippen molar-refractivity contribution in [2.24, 2.45) is 7.05 Å². The minimum Gasteiger partial charge on any atom is -0.317 e. The first-order chi connectivity index (χ1) is 8.11. The van der Waals surface area contributed by atoms with Crippen LogP contribution in [-0.4, -0.2) is 14.0 Å². The Bertz CT molecular complexity index is 701. The summed E-state index contributed by atoms with van der Waals surface area (Å²) in [6, 6.07) is 8.32. The number of rotatable bonds is 1. The van der Waals surface area contributed by atoms with Gasteiger partial charge in [0.25, 0.3) is 0 Å². The van der Waals surface area contributed by atoms with Crippen LogP contribution < -0.4 is 0 Å². The standard InChI is InChI=1S/C14H17N3/c1-9(2)13-10(3)16(4)14-15-11-7-5-6-8-12(11)17(13)14/h5-9H,1-4H3. The summed E-state index contributed by atoms with van der Waals surface area (Å²) in [5, 5.41) is 0. The van der Waals surface area contributed by atoms with E-state index in [1.807, 2.05) is 6.07 Å². The summed E-state index contributed by atoms with van der Waals surface area (Å²) >= 11 is 0. The molecule has 0 aliphatic heterocycles. The number of para-hydroxylation sites is 2. The number of imidazole rings is 2. The summed E-state index contributed by atoms with van der Waals surface area (Å²) in [6.45, 7) is 6.63. The molecule has 0 aliphatic carbocycles. The first-order valence-corrected chi connectivity index (χ1v) is 6.03. The summed E-state index contributed by atoms with van der Waals surface area (Å²) in [5.74, 6) is 1.53. The van der Waals surface area contributed by atoms with Crippen LogP contribution in [0.5, 0.6) is 0 Å². The van der Waals surface area contributed by atoms with Crippen LogP contribution in [0.4, 0.5) is 0 Å². The van der Waals surface area contributed by atoms with Gasteiger partial charge in [0.05, 0.1) is 11.0 Å². The van der Waals surface area contributed by atoms with Crippen LogP contribution in [0.1, 0.15) is 31.2 Å². The zero-order valence-electron chi connectivity index (χ0n) is 10.7. The third kappa shape index (κ3) is 1.25. The van der Waals surface area contributed by atoms with Crippen molar-refractivity contribution in [3.63, 3.8) is 0 Å². The number of benzene rings is 1. The molecule has 0 saturated heterocycles. The van der Waals surface area contributed by atoms with Gasteiger partial charge in [0, 0.05) is 18.4 Å². The second-order valence-corrected chi connectivity index (χ2v) is 4.92. The monoisotopic (exact) mass is 227 g/mol. The first-order valence-electron chi connectivity index (χ1n) is 6.03. The van der Waals surface area contributed by atoms with E-state index in [-0.39, 0.29) is 0 Å². The summed E-state index contributed by atoms with van der Waals surface area (Å²) in [7, 11) is 2.09. The lowest BCUT2D eigenvalue weighted by Gasteiger charge is -2.06. The van der Waals surface area contributed by atoms with Crippen molar-refractivity contribution in [3.05, 3.63) is 35.7 Å². The molecule has 3 heteroatoms. The van der Waals surface area contributed by atoms with Crippen LogP contribution in [0.25, 0.3) is 16.8 Å². The topological polar surface area (TPSA) is 22.2 Å². The minimum absolute atomic E-state index is 0.497. The molecular weight excluding hydrogens is 210 g/mol.